The molecule has 1 amide bonds. The molecule has 0 aromatic carbocycles. The first-order valence-corrected chi connectivity index (χ1v) is 11.6. The number of carbonyl (C=O) groups excluding carboxylic acids is 1. The van der Waals surface area contributed by atoms with E-state index in [1.54, 1.807) is 23.1 Å². The van der Waals surface area contributed by atoms with Gasteiger partial charge < -0.3 is 5.32 Å². The van der Waals surface area contributed by atoms with Gasteiger partial charge in [0.25, 0.3) is 0 Å². The molecule has 25 heavy (non-hydrogen) atoms. The molecular formula is C16H18N4OS4. The molecule has 132 valence electrons. The Kier molecular flexibility index (Phi) is 6.39. The van der Waals surface area contributed by atoms with Crippen LogP contribution in [0.1, 0.15) is 36.3 Å². The third kappa shape index (κ3) is 4.56. The normalized spacial score (nSPS) is 16.3. The minimum absolute atomic E-state index is 0.104. The predicted octanol–water partition coefficient (Wildman–Crippen LogP) is 4.44. The molecule has 0 bridgehead atoms. The lowest BCUT2D eigenvalue weighted by Crippen LogP contribution is -2.14. The van der Waals surface area contributed by atoms with E-state index in [0.717, 1.165) is 39.3 Å². The van der Waals surface area contributed by atoms with Gasteiger partial charge in [-0.2, -0.15) is 5.26 Å². The fourth-order valence-electron chi connectivity index (χ4n) is 2.68. The van der Waals surface area contributed by atoms with Gasteiger partial charge in [-0.3, -0.25) is 4.79 Å². The number of rotatable bonds is 6. The second-order valence-corrected chi connectivity index (χ2v) is 10.6. The number of thiophene rings is 1. The molecule has 0 fully saturated rings. The first-order chi connectivity index (χ1) is 12.1. The van der Waals surface area contributed by atoms with Crippen molar-refractivity contribution in [2.75, 3.05) is 16.8 Å². The van der Waals surface area contributed by atoms with Gasteiger partial charge in [0.15, 0.2) is 8.68 Å². The van der Waals surface area contributed by atoms with Gasteiger partial charge in [0, 0.05) is 4.88 Å². The van der Waals surface area contributed by atoms with Crippen molar-refractivity contribution in [1.82, 2.24) is 10.2 Å². The van der Waals surface area contributed by atoms with Crippen molar-refractivity contribution in [3.8, 4) is 6.07 Å². The molecule has 2 aromatic rings. The molecule has 1 aliphatic carbocycles. The Morgan fingerprint density at radius 1 is 1.36 bits per heavy atom. The zero-order valence-electron chi connectivity index (χ0n) is 14.0. The number of thioether (sulfide) groups is 2. The maximum atomic E-state index is 12.3. The first kappa shape index (κ1) is 18.7. The zero-order valence-corrected chi connectivity index (χ0v) is 17.3. The summed E-state index contributed by atoms with van der Waals surface area (Å²) in [6.07, 6.45) is 3.04. The molecule has 3 rings (SSSR count). The first-order valence-electron chi connectivity index (χ1n) is 8.04. The summed E-state index contributed by atoms with van der Waals surface area (Å²) in [6.45, 7) is 4.30. The molecule has 1 atom stereocenters. The SMILES string of the molecule is CCSc1nnc(SCC(=O)Nc2sc3c(c2C#N)CC[C@@H](C)C3)s1. The Morgan fingerprint density at radius 3 is 2.84 bits per heavy atom. The third-order valence-corrected chi connectivity index (χ3v) is 8.10. The minimum Gasteiger partial charge on any atom is -0.316 e. The Bertz CT molecular complexity index is 808. The Morgan fingerprint density at radius 2 is 2.12 bits per heavy atom. The molecule has 0 spiro atoms. The smallest absolute Gasteiger partial charge is 0.235 e. The number of fused-ring (bicyclic) bond motifs is 1. The van der Waals surface area contributed by atoms with Crippen LogP contribution in [0.5, 0.6) is 0 Å². The van der Waals surface area contributed by atoms with E-state index in [1.165, 1.54) is 28.0 Å². The van der Waals surface area contributed by atoms with Crippen molar-refractivity contribution in [2.45, 2.75) is 41.8 Å². The van der Waals surface area contributed by atoms with Gasteiger partial charge in [-0.25, -0.2) is 0 Å². The van der Waals surface area contributed by atoms with Crippen LogP contribution in [0.25, 0.3) is 0 Å². The van der Waals surface area contributed by atoms with Gasteiger partial charge in [-0.15, -0.1) is 21.5 Å². The predicted molar refractivity (Wildman–Crippen MR) is 106 cm³/mol. The van der Waals surface area contributed by atoms with Gasteiger partial charge in [0.05, 0.1) is 11.3 Å². The summed E-state index contributed by atoms with van der Waals surface area (Å²) < 4.78 is 1.73. The summed E-state index contributed by atoms with van der Waals surface area (Å²) in [7, 11) is 0. The summed E-state index contributed by atoms with van der Waals surface area (Å²) in [5.74, 6) is 1.77. The highest BCUT2D eigenvalue weighted by atomic mass is 32.2. The average molecular weight is 411 g/mol. The summed E-state index contributed by atoms with van der Waals surface area (Å²) in [5.41, 5.74) is 1.79. The monoisotopic (exact) mass is 410 g/mol. The van der Waals surface area contributed by atoms with Crippen LogP contribution in [-0.4, -0.2) is 27.6 Å². The molecular weight excluding hydrogens is 392 g/mol. The van der Waals surface area contributed by atoms with Gasteiger partial charge in [0.2, 0.25) is 5.91 Å². The second-order valence-electron chi connectivity index (χ2n) is 5.77. The summed E-state index contributed by atoms with van der Waals surface area (Å²) in [5, 5.41) is 21.3. The van der Waals surface area contributed by atoms with Crippen molar-refractivity contribution < 1.29 is 4.79 Å². The lowest BCUT2D eigenvalue weighted by Gasteiger charge is -2.17. The highest BCUT2D eigenvalue weighted by Crippen LogP contribution is 2.39. The number of hydrogen-bond donors (Lipinski definition) is 1. The topological polar surface area (TPSA) is 78.7 Å². The molecule has 2 heterocycles. The molecule has 1 N–H and O–H groups in total. The fourth-order valence-corrected chi connectivity index (χ4v) is 6.78. The van der Waals surface area contributed by atoms with Gasteiger partial charge in [-0.1, -0.05) is 48.7 Å². The van der Waals surface area contributed by atoms with E-state index < -0.39 is 0 Å². The standard InChI is InChI=1S/C16H18N4OS4/c1-3-22-15-19-20-16(25-15)23-8-13(21)18-14-11(7-17)10-5-4-9(2)6-12(10)24-14/h9H,3-6,8H2,1-2H3,(H,18,21)/t9-/m1/s1. The molecule has 0 saturated carbocycles. The van der Waals surface area contributed by atoms with Gasteiger partial charge in [-0.05, 0) is 36.5 Å². The van der Waals surface area contributed by atoms with E-state index in [4.69, 9.17) is 0 Å². The summed E-state index contributed by atoms with van der Waals surface area (Å²) in [6, 6.07) is 2.28. The largest absolute Gasteiger partial charge is 0.316 e. The number of anilines is 1. The average Bonchev–Trinajstić information content (AvgIpc) is 3.16. The van der Waals surface area contributed by atoms with Crippen molar-refractivity contribution in [2.24, 2.45) is 5.92 Å². The summed E-state index contributed by atoms with van der Waals surface area (Å²) >= 11 is 6.10. The zero-order chi connectivity index (χ0) is 17.8. The van der Waals surface area contributed by atoms with Crippen LogP contribution in [0.2, 0.25) is 0 Å². The van der Waals surface area contributed by atoms with Crippen molar-refractivity contribution in [3.63, 3.8) is 0 Å². The molecule has 1 aliphatic rings. The highest BCUT2D eigenvalue weighted by Gasteiger charge is 2.24. The third-order valence-electron chi connectivity index (χ3n) is 3.86. The summed E-state index contributed by atoms with van der Waals surface area (Å²) in [4.78, 5) is 13.5. The number of nitrogens with zero attached hydrogens (tertiary/aromatic N) is 3. The quantitative estimate of drug-likeness (QED) is 0.709. The molecule has 0 radical (unpaired) electrons. The minimum atomic E-state index is -0.104. The van der Waals surface area contributed by atoms with Gasteiger partial charge in [0.1, 0.15) is 11.1 Å². The van der Waals surface area contributed by atoms with Crippen molar-refractivity contribution >= 4 is 57.1 Å². The molecule has 0 saturated heterocycles. The number of nitriles is 1. The Hall–Kier alpha value is -1.08. The number of carbonyl (C=O) groups is 1. The fraction of sp³-hybridized carbons (Fsp3) is 0.500. The van der Waals surface area contributed by atoms with Crippen molar-refractivity contribution in [1.29, 1.82) is 5.26 Å². The van der Waals surface area contributed by atoms with Crippen LogP contribution in [-0.2, 0) is 17.6 Å². The maximum Gasteiger partial charge on any atom is 0.235 e. The van der Waals surface area contributed by atoms with Crippen LogP contribution in [0.4, 0.5) is 5.00 Å². The van der Waals surface area contributed by atoms with E-state index in [0.29, 0.717) is 16.5 Å². The molecule has 0 aliphatic heterocycles. The van der Waals surface area contributed by atoms with Crippen LogP contribution in [0, 0.1) is 17.2 Å². The Balaban J connectivity index is 1.62. The van der Waals surface area contributed by atoms with E-state index in [-0.39, 0.29) is 11.7 Å². The van der Waals surface area contributed by atoms with E-state index in [1.807, 2.05) is 0 Å². The highest BCUT2D eigenvalue weighted by molar-refractivity contribution is 8.03. The maximum absolute atomic E-state index is 12.3. The van der Waals surface area contributed by atoms with E-state index in [2.05, 4.69) is 35.4 Å². The number of nitrogens with one attached hydrogen (secondary N) is 1. The van der Waals surface area contributed by atoms with Crippen LogP contribution < -0.4 is 5.32 Å². The molecule has 5 nitrogen and oxygen atoms in total. The lowest BCUT2D eigenvalue weighted by atomic mass is 9.89. The molecule has 2 aromatic heterocycles. The van der Waals surface area contributed by atoms with E-state index >= 15 is 0 Å². The molecule has 9 heteroatoms. The van der Waals surface area contributed by atoms with Gasteiger partial charge >= 0.3 is 0 Å². The number of amides is 1. The van der Waals surface area contributed by atoms with Crippen LogP contribution in [0.15, 0.2) is 8.68 Å². The second kappa shape index (κ2) is 8.54. The number of hydrogen-bond acceptors (Lipinski definition) is 8. The molecule has 0 unspecified atom stereocenters. The number of aromatic nitrogens is 2. The van der Waals surface area contributed by atoms with Crippen LogP contribution >= 0.6 is 46.2 Å². The van der Waals surface area contributed by atoms with Crippen molar-refractivity contribution in [3.05, 3.63) is 16.0 Å². The lowest BCUT2D eigenvalue weighted by molar-refractivity contribution is -0.113. The Labute approximate surface area is 163 Å². The van der Waals surface area contributed by atoms with Crippen LogP contribution in [0.3, 0.4) is 0 Å². The van der Waals surface area contributed by atoms with E-state index in [9.17, 15) is 10.1 Å².